The summed E-state index contributed by atoms with van der Waals surface area (Å²) >= 11 is 0. The van der Waals surface area contributed by atoms with Crippen LogP contribution in [0.5, 0.6) is 0 Å². The number of aryl methyl sites for hydroxylation is 1. The lowest BCUT2D eigenvalue weighted by Crippen LogP contribution is -2.26. The van der Waals surface area contributed by atoms with Crippen LogP contribution in [0.2, 0.25) is 0 Å². The maximum Gasteiger partial charge on any atom is 0.399 e. The van der Waals surface area contributed by atoms with E-state index in [1.165, 1.54) is 18.2 Å². The van der Waals surface area contributed by atoms with Crippen LogP contribution >= 0.6 is 0 Å². The second kappa shape index (κ2) is 5.25. The molecule has 0 aromatic heterocycles. The number of hydrogen-bond acceptors (Lipinski definition) is 2. The van der Waals surface area contributed by atoms with Gasteiger partial charge in [0, 0.05) is 5.57 Å². The average Bonchev–Trinajstić information content (AvgIpc) is 2.26. The molecule has 0 amide bonds. The van der Waals surface area contributed by atoms with E-state index >= 15 is 0 Å². The fourth-order valence-electron chi connectivity index (χ4n) is 1.69. The van der Waals surface area contributed by atoms with Crippen molar-refractivity contribution in [2.45, 2.75) is 19.0 Å². The van der Waals surface area contributed by atoms with Crippen molar-refractivity contribution in [1.29, 1.82) is 0 Å². The lowest BCUT2D eigenvalue weighted by Gasteiger charge is -2.21. The molecule has 18 heavy (non-hydrogen) atoms. The van der Waals surface area contributed by atoms with Crippen LogP contribution in [-0.4, -0.2) is 19.3 Å². The molecule has 5 heteroatoms. The number of methoxy groups -OCH3 is 1. The summed E-state index contributed by atoms with van der Waals surface area (Å²) in [7, 11) is 1.02. The highest BCUT2D eigenvalue weighted by molar-refractivity contribution is 5.89. The highest BCUT2D eigenvalue weighted by Gasteiger charge is 2.44. The predicted molar refractivity (Wildman–Crippen MR) is 61.1 cm³/mol. The van der Waals surface area contributed by atoms with Crippen molar-refractivity contribution in [3.63, 3.8) is 0 Å². The number of carbonyl (C=O) groups is 1. The fourth-order valence-corrected chi connectivity index (χ4v) is 1.69. The Hall–Kier alpha value is -1.78. The molecule has 98 valence electrons. The van der Waals surface area contributed by atoms with Gasteiger partial charge in [0.15, 0.2) is 0 Å². The van der Waals surface area contributed by atoms with E-state index in [0.717, 1.165) is 7.11 Å². The van der Waals surface area contributed by atoms with Crippen LogP contribution in [0.15, 0.2) is 36.4 Å². The van der Waals surface area contributed by atoms with E-state index in [4.69, 9.17) is 0 Å². The predicted octanol–water partition coefficient (Wildman–Crippen LogP) is 3.37. The van der Waals surface area contributed by atoms with Crippen LogP contribution in [-0.2, 0) is 9.53 Å². The number of hydrogen-bond donors (Lipinski definition) is 0. The summed E-state index contributed by atoms with van der Waals surface area (Å²) < 4.78 is 43.3. The molecule has 0 heterocycles. The number of carbonyl (C=O) groups excluding carboxylic acids is 1. The number of esters is 1. The van der Waals surface area contributed by atoms with Gasteiger partial charge in [-0.3, -0.25) is 0 Å². The smallest absolute Gasteiger partial charge is 0.399 e. The third-order valence-electron chi connectivity index (χ3n) is 2.50. The lowest BCUT2D eigenvalue weighted by molar-refractivity contribution is -0.153. The van der Waals surface area contributed by atoms with Crippen LogP contribution in [0.25, 0.3) is 0 Å². The summed E-state index contributed by atoms with van der Waals surface area (Å²) in [6.45, 7) is 4.88. The van der Waals surface area contributed by atoms with Crippen molar-refractivity contribution in [3.8, 4) is 0 Å². The number of benzene rings is 1. The highest BCUT2D eigenvalue weighted by Crippen LogP contribution is 2.40. The van der Waals surface area contributed by atoms with Gasteiger partial charge in [-0.05, 0) is 12.5 Å². The molecule has 1 rings (SSSR count). The topological polar surface area (TPSA) is 26.3 Å². The van der Waals surface area contributed by atoms with Gasteiger partial charge in [0.1, 0.15) is 5.92 Å². The zero-order valence-electron chi connectivity index (χ0n) is 10.0. The van der Waals surface area contributed by atoms with Crippen molar-refractivity contribution in [1.82, 2.24) is 0 Å². The van der Waals surface area contributed by atoms with E-state index in [1.54, 1.807) is 13.0 Å². The number of alkyl halides is 3. The van der Waals surface area contributed by atoms with Gasteiger partial charge in [-0.1, -0.05) is 36.4 Å². The molecular formula is C13H13F3O2. The van der Waals surface area contributed by atoms with Crippen molar-refractivity contribution >= 4 is 5.97 Å². The largest absolute Gasteiger partial charge is 0.466 e. The molecule has 0 aliphatic heterocycles. The van der Waals surface area contributed by atoms with Crippen LogP contribution in [0.1, 0.15) is 17.0 Å². The van der Waals surface area contributed by atoms with Gasteiger partial charge >= 0.3 is 12.1 Å². The number of ether oxygens (including phenoxy) is 1. The molecule has 0 aliphatic carbocycles. The van der Waals surface area contributed by atoms with Crippen molar-refractivity contribution in [2.75, 3.05) is 7.11 Å². The Labute approximate surface area is 103 Å². The second-order valence-corrected chi connectivity index (χ2v) is 3.91. The molecule has 0 spiro atoms. The normalized spacial score (nSPS) is 12.9. The number of halogens is 3. The Bertz CT molecular complexity index is 464. The Balaban J connectivity index is 3.23. The zero-order valence-corrected chi connectivity index (χ0v) is 10.0. The van der Waals surface area contributed by atoms with Gasteiger partial charge in [-0.15, -0.1) is 0 Å². The maximum atomic E-state index is 13.0. The highest BCUT2D eigenvalue weighted by atomic mass is 19.4. The van der Waals surface area contributed by atoms with Crippen molar-refractivity contribution in [3.05, 3.63) is 47.5 Å². The average molecular weight is 258 g/mol. The first-order valence-corrected chi connectivity index (χ1v) is 5.17. The first-order valence-electron chi connectivity index (χ1n) is 5.17. The van der Waals surface area contributed by atoms with Gasteiger partial charge in [0.05, 0.1) is 7.11 Å². The molecule has 1 atom stereocenters. The summed E-state index contributed by atoms with van der Waals surface area (Å²) in [6, 6.07) is 5.89. The van der Waals surface area contributed by atoms with Crippen molar-refractivity contribution < 1.29 is 22.7 Å². The van der Waals surface area contributed by atoms with Gasteiger partial charge in [-0.2, -0.15) is 13.2 Å². The van der Waals surface area contributed by atoms with E-state index < -0.39 is 23.6 Å². The Morgan fingerprint density at radius 2 is 2.00 bits per heavy atom. The zero-order chi connectivity index (χ0) is 13.9. The summed E-state index contributed by atoms with van der Waals surface area (Å²) in [4.78, 5) is 11.2. The molecule has 0 bridgehead atoms. The molecule has 0 N–H and O–H groups in total. The minimum Gasteiger partial charge on any atom is -0.466 e. The molecule has 1 aromatic carbocycles. The Kier molecular flexibility index (Phi) is 4.16. The monoisotopic (exact) mass is 258 g/mol. The number of rotatable bonds is 3. The van der Waals surface area contributed by atoms with Gasteiger partial charge in [-0.25, -0.2) is 4.79 Å². The lowest BCUT2D eigenvalue weighted by atomic mass is 9.90. The first kappa shape index (κ1) is 14.3. The molecule has 1 aromatic rings. The Morgan fingerprint density at radius 1 is 1.39 bits per heavy atom. The SMILES string of the molecule is C=C(C(=O)OC)C(c1cccc(C)c1)C(F)(F)F. The Morgan fingerprint density at radius 3 is 2.44 bits per heavy atom. The van der Waals surface area contributed by atoms with Crippen molar-refractivity contribution in [2.24, 2.45) is 0 Å². The van der Waals surface area contributed by atoms with Gasteiger partial charge in [0.25, 0.3) is 0 Å². The molecule has 2 nitrogen and oxygen atoms in total. The maximum absolute atomic E-state index is 13.0. The van der Waals surface area contributed by atoms with Gasteiger partial charge < -0.3 is 4.74 Å². The minimum absolute atomic E-state index is 0.0158. The van der Waals surface area contributed by atoms with Crippen LogP contribution in [0, 0.1) is 6.92 Å². The summed E-state index contributed by atoms with van der Waals surface area (Å²) in [5.41, 5.74) is 0.0490. The molecule has 0 saturated heterocycles. The van der Waals surface area contributed by atoms with Crippen LogP contribution in [0.3, 0.4) is 0 Å². The molecular weight excluding hydrogens is 245 g/mol. The van der Waals surface area contributed by atoms with E-state index in [9.17, 15) is 18.0 Å². The van der Waals surface area contributed by atoms with E-state index in [1.807, 2.05) is 0 Å². The standard InChI is InChI=1S/C13H13F3O2/c1-8-5-4-6-10(7-8)11(13(14,15)16)9(2)12(17)18-3/h4-7,11H,2H2,1,3H3. The third kappa shape index (κ3) is 3.12. The van der Waals surface area contributed by atoms with Gasteiger partial charge in [0.2, 0.25) is 0 Å². The van der Waals surface area contributed by atoms with E-state index in [-0.39, 0.29) is 5.56 Å². The quantitative estimate of drug-likeness (QED) is 0.613. The summed E-state index contributed by atoms with van der Waals surface area (Å²) in [6.07, 6.45) is -4.58. The second-order valence-electron chi connectivity index (χ2n) is 3.91. The third-order valence-corrected chi connectivity index (χ3v) is 2.50. The summed E-state index contributed by atoms with van der Waals surface area (Å²) in [5, 5.41) is 0. The minimum atomic E-state index is -4.58. The molecule has 0 fully saturated rings. The van der Waals surface area contributed by atoms with Crippen LogP contribution < -0.4 is 0 Å². The van der Waals surface area contributed by atoms with Crippen LogP contribution in [0.4, 0.5) is 13.2 Å². The van der Waals surface area contributed by atoms with E-state index in [0.29, 0.717) is 5.56 Å². The first-order chi connectivity index (χ1) is 8.27. The summed E-state index contributed by atoms with van der Waals surface area (Å²) in [5.74, 6) is -3.09. The van der Waals surface area contributed by atoms with E-state index in [2.05, 4.69) is 11.3 Å². The fraction of sp³-hybridized carbons (Fsp3) is 0.308. The molecule has 1 unspecified atom stereocenters. The molecule has 0 radical (unpaired) electrons. The molecule has 0 aliphatic rings. The molecule has 0 saturated carbocycles.